The first-order chi connectivity index (χ1) is 6.27. The number of hydrogen-bond donors (Lipinski definition) is 3. The summed E-state index contributed by atoms with van der Waals surface area (Å²) < 4.78 is 0. The third-order valence-electron chi connectivity index (χ3n) is 2.70. The standard InChI is InChI=1S/C10H15N3/c1-7-6-9(13-10(7)11)8-2-4-12-5-3-8/h6,8,12H,1-5H2,(H2,11,13). The maximum absolute atomic E-state index is 7.53. The van der Waals surface area contributed by atoms with Gasteiger partial charge in [-0.25, -0.2) is 0 Å². The van der Waals surface area contributed by atoms with Gasteiger partial charge in [0.05, 0.1) is 0 Å². The molecule has 3 nitrogen and oxygen atoms in total. The zero-order valence-corrected chi connectivity index (χ0v) is 7.69. The fourth-order valence-electron chi connectivity index (χ4n) is 1.87. The molecule has 1 saturated heterocycles. The monoisotopic (exact) mass is 177 g/mol. The maximum atomic E-state index is 7.53. The van der Waals surface area contributed by atoms with E-state index in [0.29, 0.717) is 11.8 Å². The average Bonchev–Trinajstić information content (AvgIpc) is 2.49. The van der Waals surface area contributed by atoms with Crippen LogP contribution < -0.4 is 10.6 Å². The summed E-state index contributed by atoms with van der Waals surface area (Å²) in [5.74, 6) is 1.06. The molecule has 2 heterocycles. The normalized spacial score (nSPS) is 24.5. The van der Waals surface area contributed by atoms with Gasteiger partial charge in [0.2, 0.25) is 0 Å². The predicted molar refractivity (Wildman–Crippen MR) is 53.7 cm³/mol. The van der Waals surface area contributed by atoms with E-state index in [1.807, 2.05) is 6.08 Å². The first-order valence-electron chi connectivity index (χ1n) is 4.74. The number of rotatable bonds is 1. The third kappa shape index (κ3) is 1.65. The summed E-state index contributed by atoms with van der Waals surface area (Å²) in [5, 5.41) is 13.9. The molecule has 3 N–H and O–H groups in total. The quantitative estimate of drug-likeness (QED) is 0.559. The van der Waals surface area contributed by atoms with Gasteiger partial charge in [-0.05, 0) is 32.0 Å². The Bertz CT molecular complexity index is 272. The van der Waals surface area contributed by atoms with Crippen molar-refractivity contribution in [3.05, 3.63) is 23.9 Å². The van der Waals surface area contributed by atoms with Gasteiger partial charge >= 0.3 is 0 Å². The van der Waals surface area contributed by atoms with Crippen molar-refractivity contribution < 1.29 is 0 Å². The van der Waals surface area contributed by atoms with Crippen LogP contribution in [0.25, 0.3) is 0 Å². The molecule has 0 aromatic rings. The summed E-state index contributed by atoms with van der Waals surface area (Å²) in [4.78, 5) is 0. The van der Waals surface area contributed by atoms with Crippen molar-refractivity contribution >= 4 is 5.84 Å². The molecule has 0 saturated carbocycles. The van der Waals surface area contributed by atoms with Gasteiger partial charge in [0.25, 0.3) is 0 Å². The highest BCUT2D eigenvalue weighted by Gasteiger charge is 2.22. The summed E-state index contributed by atoms with van der Waals surface area (Å²) in [6.45, 7) is 5.97. The maximum Gasteiger partial charge on any atom is 0.129 e. The largest absolute Gasteiger partial charge is 0.343 e. The summed E-state index contributed by atoms with van der Waals surface area (Å²) in [5.41, 5.74) is 2.00. The Kier molecular flexibility index (Phi) is 2.19. The van der Waals surface area contributed by atoms with Gasteiger partial charge in [0.1, 0.15) is 5.84 Å². The van der Waals surface area contributed by atoms with Crippen LogP contribution in [-0.2, 0) is 0 Å². The van der Waals surface area contributed by atoms with Crippen LogP contribution in [0.15, 0.2) is 23.9 Å². The Hall–Kier alpha value is -1.09. The van der Waals surface area contributed by atoms with Crippen LogP contribution in [-0.4, -0.2) is 18.9 Å². The molecule has 0 aromatic heterocycles. The molecule has 0 aliphatic carbocycles. The summed E-state index contributed by atoms with van der Waals surface area (Å²) >= 11 is 0. The molecular weight excluding hydrogens is 162 g/mol. The van der Waals surface area contributed by atoms with Crippen LogP contribution in [0.1, 0.15) is 12.8 Å². The lowest BCUT2D eigenvalue weighted by atomic mass is 9.95. The molecule has 2 aliphatic rings. The lowest BCUT2D eigenvalue weighted by Crippen LogP contribution is -2.31. The first-order valence-corrected chi connectivity index (χ1v) is 4.74. The first kappa shape index (κ1) is 8.51. The average molecular weight is 177 g/mol. The van der Waals surface area contributed by atoms with Gasteiger partial charge in [0.15, 0.2) is 0 Å². The molecule has 0 atom stereocenters. The molecule has 0 bridgehead atoms. The van der Waals surface area contributed by atoms with E-state index >= 15 is 0 Å². The van der Waals surface area contributed by atoms with Crippen molar-refractivity contribution in [3.63, 3.8) is 0 Å². The Morgan fingerprint density at radius 3 is 2.62 bits per heavy atom. The molecule has 1 fully saturated rings. The topological polar surface area (TPSA) is 47.9 Å². The van der Waals surface area contributed by atoms with Gasteiger partial charge in [-0.3, -0.25) is 5.41 Å². The van der Waals surface area contributed by atoms with E-state index in [1.54, 1.807) is 0 Å². The second-order valence-corrected chi connectivity index (χ2v) is 3.65. The highest BCUT2D eigenvalue weighted by atomic mass is 15.0. The molecule has 0 unspecified atom stereocenters. The molecule has 0 spiro atoms. The Balaban J connectivity index is 2.05. The molecular formula is C10H15N3. The fourth-order valence-corrected chi connectivity index (χ4v) is 1.87. The van der Waals surface area contributed by atoms with Crippen molar-refractivity contribution in [1.29, 1.82) is 5.41 Å². The van der Waals surface area contributed by atoms with Crippen molar-refractivity contribution in [1.82, 2.24) is 10.6 Å². The van der Waals surface area contributed by atoms with E-state index < -0.39 is 0 Å². The molecule has 0 aromatic carbocycles. The third-order valence-corrected chi connectivity index (χ3v) is 2.70. The van der Waals surface area contributed by atoms with Gasteiger partial charge in [-0.1, -0.05) is 6.58 Å². The fraction of sp³-hybridized carbons (Fsp3) is 0.500. The van der Waals surface area contributed by atoms with E-state index in [9.17, 15) is 0 Å². The molecule has 3 heteroatoms. The minimum Gasteiger partial charge on any atom is -0.343 e. The van der Waals surface area contributed by atoms with E-state index in [2.05, 4.69) is 17.2 Å². The van der Waals surface area contributed by atoms with Crippen LogP contribution in [0.4, 0.5) is 0 Å². The molecule has 0 radical (unpaired) electrons. The van der Waals surface area contributed by atoms with Gasteiger partial charge < -0.3 is 10.6 Å². The van der Waals surface area contributed by atoms with Crippen molar-refractivity contribution in [2.45, 2.75) is 12.8 Å². The number of nitrogens with one attached hydrogen (secondary N) is 3. The highest BCUT2D eigenvalue weighted by Crippen LogP contribution is 2.23. The zero-order chi connectivity index (χ0) is 9.26. The van der Waals surface area contributed by atoms with E-state index in [1.165, 1.54) is 18.5 Å². The van der Waals surface area contributed by atoms with E-state index in [0.717, 1.165) is 18.7 Å². The van der Waals surface area contributed by atoms with Crippen LogP contribution in [0, 0.1) is 11.3 Å². The SMILES string of the molecule is C=C1C=C(C2CCNCC2)NC1=N. The van der Waals surface area contributed by atoms with Gasteiger partial charge in [-0.2, -0.15) is 0 Å². The number of amidine groups is 1. The van der Waals surface area contributed by atoms with Gasteiger partial charge in [-0.15, -0.1) is 0 Å². The zero-order valence-electron chi connectivity index (χ0n) is 7.69. The van der Waals surface area contributed by atoms with Crippen molar-refractivity contribution in [3.8, 4) is 0 Å². The molecule has 2 rings (SSSR count). The number of piperidine rings is 1. The molecule has 70 valence electrons. The second kappa shape index (κ2) is 3.34. The van der Waals surface area contributed by atoms with Crippen molar-refractivity contribution in [2.75, 3.05) is 13.1 Å². The Labute approximate surface area is 78.4 Å². The summed E-state index contributed by atoms with van der Waals surface area (Å²) in [6.07, 6.45) is 4.34. The Morgan fingerprint density at radius 1 is 1.38 bits per heavy atom. The van der Waals surface area contributed by atoms with Crippen LogP contribution >= 0.6 is 0 Å². The summed E-state index contributed by atoms with van der Waals surface area (Å²) in [6, 6.07) is 0. The minimum atomic E-state index is 0.466. The summed E-state index contributed by atoms with van der Waals surface area (Å²) in [7, 11) is 0. The Morgan fingerprint density at radius 2 is 2.08 bits per heavy atom. The number of allylic oxidation sites excluding steroid dienone is 1. The number of hydrogen-bond acceptors (Lipinski definition) is 2. The van der Waals surface area contributed by atoms with Crippen LogP contribution in [0.3, 0.4) is 0 Å². The smallest absolute Gasteiger partial charge is 0.129 e. The lowest BCUT2D eigenvalue weighted by Gasteiger charge is -2.23. The van der Waals surface area contributed by atoms with Crippen LogP contribution in [0.5, 0.6) is 0 Å². The molecule has 0 amide bonds. The molecule has 2 aliphatic heterocycles. The van der Waals surface area contributed by atoms with E-state index in [4.69, 9.17) is 5.41 Å². The minimum absolute atomic E-state index is 0.466. The van der Waals surface area contributed by atoms with Crippen LogP contribution in [0.2, 0.25) is 0 Å². The second-order valence-electron chi connectivity index (χ2n) is 3.65. The van der Waals surface area contributed by atoms with Crippen molar-refractivity contribution in [2.24, 2.45) is 5.92 Å². The lowest BCUT2D eigenvalue weighted by molar-refractivity contribution is 0.412. The highest BCUT2D eigenvalue weighted by molar-refractivity contribution is 6.01. The van der Waals surface area contributed by atoms with Gasteiger partial charge in [0, 0.05) is 17.2 Å². The molecule has 13 heavy (non-hydrogen) atoms. The predicted octanol–water partition coefficient (Wildman–Crippen LogP) is 1.01. The van der Waals surface area contributed by atoms with E-state index in [-0.39, 0.29) is 0 Å².